The lowest BCUT2D eigenvalue weighted by Crippen LogP contribution is -2.46. The van der Waals surface area contributed by atoms with E-state index in [-0.39, 0.29) is 5.94 Å². The molecule has 3 aromatic rings. The molecule has 10 heteroatoms. The van der Waals surface area contributed by atoms with Crippen LogP contribution in [-0.2, 0) is 19.6 Å². The molecule has 184 valence electrons. The average Bonchev–Trinajstić information content (AvgIpc) is 3.59. The largest absolute Gasteiger partial charge is 0.495 e. The smallest absolute Gasteiger partial charge is 0.143 e. The monoisotopic (exact) mass is 487 g/mol. The summed E-state index contributed by atoms with van der Waals surface area (Å²) in [7, 11) is 0.254. The van der Waals surface area contributed by atoms with Crippen LogP contribution in [0.15, 0.2) is 35.4 Å². The van der Waals surface area contributed by atoms with E-state index in [4.69, 9.17) is 19.2 Å². The molecule has 0 spiro atoms. The van der Waals surface area contributed by atoms with Crippen molar-refractivity contribution in [1.82, 2.24) is 14.3 Å². The number of aryl methyl sites for hydroxylation is 1. The van der Waals surface area contributed by atoms with Gasteiger partial charge in [0.2, 0.25) is 0 Å². The van der Waals surface area contributed by atoms with Crippen molar-refractivity contribution < 1.29 is 18.4 Å². The van der Waals surface area contributed by atoms with Gasteiger partial charge >= 0.3 is 0 Å². The number of aromatic amines is 1. The summed E-state index contributed by atoms with van der Waals surface area (Å²) >= 11 is 0. The molecule has 2 aliphatic rings. The molecule has 0 atom stereocenters. The third-order valence-corrected chi connectivity index (χ3v) is 9.38. The van der Waals surface area contributed by atoms with Crippen LogP contribution in [0.1, 0.15) is 18.4 Å². The van der Waals surface area contributed by atoms with E-state index < -0.39 is 10.1 Å². The Morgan fingerprint density at radius 2 is 2.00 bits per heavy atom. The molecule has 3 heterocycles. The number of pyridine rings is 1. The second-order valence-corrected chi connectivity index (χ2v) is 11.6. The zero-order valence-electron chi connectivity index (χ0n) is 19.9. The molecule has 0 radical (unpaired) electrons. The van der Waals surface area contributed by atoms with Gasteiger partial charge in [-0.2, -0.15) is 0 Å². The molecule has 1 aliphatic carbocycles. The number of anilines is 3. The average molecular weight is 488 g/mol. The number of methoxy groups -OCH3 is 2. The van der Waals surface area contributed by atoms with Gasteiger partial charge in [0.1, 0.15) is 23.2 Å². The Kier molecular flexibility index (Phi) is 6.48. The Hall–Kier alpha value is -2.66. The summed E-state index contributed by atoms with van der Waals surface area (Å²) in [6.45, 7) is 4.43. The van der Waals surface area contributed by atoms with Crippen LogP contribution >= 0.6 is 0 Å². The van der Waals surface area contributed by atoms with Gasteiger partial charge in [-0.3, -0.25) is 4.21 Å². The minimum atomic E-state index is -2.94. The van der Waals surface area contributed by atoms with E-state index in [2.05, 4.69) is 22.5 Å². The molecule has 0 unspecified atom stereocenters. The van der Waals surface area contributed by atoms with Crippen LogP contribution in [0, 0.1) is 6.92 Å². The summed E-state index contributed by atoms with van der Waals surface area (Å²) in [5.41, 5.74) is 3.82. The van der Waals surface area contributed by atoms with Gasteiger partial charge in [0, 0.05) is 54.5 Å². The van der Waals surface area contributed by atoms with E-state index in [0.29, 0.717) is 48.8 Å². The number of hydrogen-bond donors (Lipinski definition) is 4. The summed E-state index contributed by atoms with van der Waals surface area (Å²) in [5.74, 6) is 1.45. The highest BCUT2D eigenvalue weighted by Gasteiger charge is 2.29. The third-order valence-electron chi connectivity index (χ3n) is 6.38. The summed E-state index contributed by atoms with van der Waals surface area (Å²) in [4.78, 5) is 8.74. The first-order valence-electron chi connectivity index (χ1n) is 11.6. The number of ether oxygens (including phenoxy) is 3. The van der Waals surface area contributed by atoms with Crippen molar-refractivity contribution in [3.05, 3.63) is 36.0 Å². The van der Waals surface area contributed by atoms with E-state index in [9.17, 15) is 4.21 Å². The molecular formula is C24H33N5O4S. The maximum Gasteiger partial charge on any atom is 0.143 e. The summed E-state index contributed by atoms with van der Waals surface area (Å²) in [5, 5.41) is 8.14. The molecule has 3 N–H and O–H groups in total. The molecule has 1 saturated heterocycles. The van der Waals surface area contributed by atoms with Crippen molar-refractivity contribution >= 4 is 38.3 Å². The highest BCUT2D eigenvalue weighted by molar-refractivity contribution is 8.00. The fourth-order valence-corrected chi connectivity index (χ4v) is 6.86. The number of aromatic nitrogens is 2. The first-order valence-corrected chi connectivity index (χ1v) is 13.5. The summed E-state index contributed by atoms with van der Waals surface area (Å²) in [6.07, 6.45) is 4.36. The van der Waals surface area contributed by atoms with Crippen molar-refractivity contribution in [2.45, 2.75) is 30.7 Å². The lowest BCUT2D eigenvalue weighted by atomic mass is 10.2. The van der Waals surface area contributed by atoms with Gasteiger partial charge in [-0.15, -0.1) is 0 Å². The van der Waals surface area contributed by atoms with Crippen molar-refractivity contribution in [2.24, 2.45) is 0 Å². The van der Waals surface area contributed by atoms with Crippen LogP contribution in [0.2, 0.25) is 0 Å². The van der Waals surface area contributed by atoms with Gasteiger partial charge in [0.15, 0.2) is 0 Å². The molecule has 0 amide bonds. The first kappa shape index (κ1) is 23.1. The maximum absolute atomic E-state index is 14.1. The molecule has 2 fully saturated rings. The van der Waals surface area contributed by atoms with Gasteiger partial charge in [-0.25, -0.2) is 9.29 Å². The fraction of sp³-hybridized carbons (Fsp3) is 0.458. The lowest BCUT2D eigenvalue weighted by Gasteiger charge is -2.38. The molecule has 1 aliphatic heterocycles. The second-order valence-electron chi connectivity index (χ2n) is 8.86. The van der Waals surface area contributed by atoms with E-state index in [0.717, 1.165) is 28.0 Å². The zero-order valence-corrected chi connectivity index (χ0v) is 20.8. The number of thiol groups is 1. The molecule has 5 rings (SSSR count). The topological polar surface area (TPSA) is 101 Å². The normalized spacial score (nSPS) is 17.6. The number of morpholine rings is 1. The number of hydrogen-bond acceptors (Lipinski definition) is 7. The number of benzene rings is 1. The summed E-state index contributed by atoms with van der Waals surface area (Å²) < 4.78 is 32.6. The molecule has 2 aromatic heterocycles. The Bertz CT molecular complexity index is 1220. The van der Waals surface area contributed by atoms with E-state index >= 15 is 0 Å². The SMILES string of the molecule is COC[SH](=O)(c1ccc(Nc2cc(NC3CC3)c3c(C)c[nH]c3n2)c(OC)c1)N1CCOCC1. The number of nitrogens with one attached hydrogen (secondary N) is 3. The van der Waals surface area contributed by atoms with Crippen LogP contribution in [0.4, 0.5) is 17.2 Å². The molecule has 0 bridgehead atoms. The predicted molar refractivity (Wildman–Crippen MR) is 136 cm³/mol. The van der Waals surface area contributed by atoms with E-state index in [1.54, 1.807) is 14.2 Å². The summed E-state index contributed by atoms with van der Waals surface area (Å²) in [6, 6.07) is 8.20. The minimum Gasteiger partial charge on any atom is -0.495 e. The molecular weight excluding hydrogens is 454 g/mol. The van der Waals surface area contributed by atoms with Gasteiger partial charge in [0.05, 0.1) is 26.0 Å². The number of fused-ring (bicyclic) bond motifs is 1. The standard InChI is InChI=1S/C24H33N5O4S/c1-16-14-25-24-23(16)20(26-17-4-5-17)13-22(28-24)27-19-7-6-18(12-21(19)32-3)34(30,15-31-2)29-8-10-33-11-9-29/h6-7,12-14,17,34H,4-5,8-11,15H2,1-3H3,(H3,25,26,27,28). The van der Waals surface area contributed by atoms with E-state index in [1.807, 2.05) is 34.8 Å². The van der Waals surface area contributed by atoms with Gasteiger partial charge in [0.25, 0.3) is 0 Å². The highest BCUT2D eigenvalue weighted by Crippen LogP contribution is 2.37. The predicted octanol–water partition coefficient (Wildman–Crippen LogP) is 3.42. The molecule has 1 saturated carbocycles. The third kappa shape index (κ3) is 4.50. The lowest BCUT2D eigenvalue weighted by molar-refractivity contribution is 0.0724. The quantitative estimate of drug-likeness (QED) is 0.343. The van der Waals surface area contributed by atoms with Crippen molar-refractivity contribution in [3.8, 4) is 5.75 Å². The highest BCUT2D eigenvalue weighted by atomic mass is 32.3. The first-order chi connectivity index (χ1) is 16.5. The molecule has 9 nitrogen and oxygen atoms in total. The maximum atomic E-state index is 14.1. The Balaban J connectivity index is 1.47. The zero-order chi connectivity index (χ0) is 23.7. The van der Waals surface area contributed by atoms with Gasteiger partial charge < -0.3 is 29.8 Å². The Morgan fingerprint density at radius 1 is 1.21 bits per heavy atom. The number of H-pyrrole nitrogens is 1. The van der Waals surface area contributed by atoms with E-state index in [1.165, 1.54) is 12.8 Å². The van der Waals surface area contributed by atoms with Crippen LogP contribution in [0.3, 0.4) is 0 Å². The van der Waals surface area contributed by atoms with Crippen LogP contribution in [-0.4, -0.2) is 71.0 Å². The molecule has 1 aromatic carbocycles. The number of rotatable bonds is 9. The Labute approximate surface area is 200 Å². The van der Waals surface area contributed by atoms with Crippen LogP contribution in [0.5, 0.6) is 5.75 Å². The Morgan fingerprint density at radius 3 is 2.71 bits per heavy atom. The number of nitrogens with zero attached hydrogens (tertiary/aromatic N) is 2. The second kappa shape index (κ2) is 9.53. The minimum absolute atomic E-state index is 0.142. The van der Waals surface area contributed by atoms with Crippen molar-refractivity contribution in [3.63, 3.8) is 0 Å². The fourth-order valence-electron chi connectivity index (χ4n) is 4.43. The van der Waals surface area contributed by atoms with Crippen LogP contribution in [0.25, 0.3) is 11.0 Å². The van der Waals surface area contributed by atoms with Crippen molar-refractivity contribution in [2.75, 3.05) is 57.1 Å². The molecule has 34 heavy (non-hydrogen) atoms. The van der Waals surface area contributed by atoms with Gasteiger partial charge in [-0.1, -0.05) is 0 Å². The van der Waals surface area contributed by atoms with Crippen molar-refractivity contribution in [1.29, 1.82) is 0 Å². The van der Waals surface area contributed by atoms with Crippen LogP contribution < -0.4 is 15.4 Å². The van der Waals surface area contributed by atoms with Gasteiger partial charge in [-0.05, 0) is 53.6 Å².